The standard InChI is InChI=1S/C22H17ClN2O/c1-2-26-22-19(13-24)20(15-7-10-16(23)11-8-15)18-12-9-14-5-3-4-6-17(14)21(18)25-22/h3-8,10-11H,2,9,12H2,1H3. The maximum Gasteiger partial charge on any atom is 0.232 e. The number of hydrogen-bond acceptors (Lipinski definition) is 3. The summed E-state index contributed by atoms with van der Waals surface area (Å²) in [6.07, 6.45) is 1.78. The van der Waals surface area contributed by atoms with Crippen molar-refractivity contribution in [1.82, 2.24) is 4.98 Å². The van der Waals surface area contributed by atoms with Gasteiger partial charge in [0, 0.05) is 16.1 Å². The normalized spacial score (nSPS) is 12.0. The first-order chi connectivity index (χ1) is 12.7. The molecule has 128 valence electrons. The SMILES string of the molecule is CCOc1nc2c(c(-c3ccc(Cl)cc3)c1C#N)CCc1ccccc1-2. The van der Waals surface area contributed by atoms with Gasteiger partial charge in [-0.1, -0.05) is 48.0 Å². The topological polar surface area (TPSA) is 45.9 Å². The van der Waals surface area contributed by atoms with Crippen LogP contribution in [0.15, 0.2) is 48.5 Å². The minimum atomic E-state index is 0.399. The number of rotatable bonds is 3. The van der Waals surface area contributed by atoms with E-state index in [0.717, 1.165) is 40.8 Å². The Hall–Kier alpha value is -2.83. The lowest BCUT2D eigenvalue weighted by Crippen LogP contribution is -2.11. The minimum Gasteiger partial charge on any atom is -0.477 e. The number of nitriles is 1. The van der Waals surface area contributed by atoms with Gasteiger partial charge in [0.25, 0.3) is 0 Å². The summed E-state index contributed by atoms with van der Waals surface area (Å²) in [5, 5.41) is 10.5. The molecule has 0 spiro atoms. The molecule has 1 aliphatic carbocycles. The fourth-order valence-corrected chi connectivity index (χ4v) is 3.70. The van der Waals surface area contributed by atoms with Gasteiger partial charge in [-0.05, 0) is 48.6 Å². The molecule has 0 saturated heterocycles. The number of benzene rings is 2. The molecule has 0 bridgehead atoms. The van der Waals surface area contributed by atoms with E-state index in [0.29, 0.717) is 23.1 Å². The largest absolute Gasteiger partial charge is 0.477 e. The molecule has 0 unspecified atom stereocenters. The Bertz CT molecular complexity index is 1020. The van der Waals surface area contributed by atoms with Crippen LogP contribution in [0.3, 0.4) is 0 Å². The number of pyridine rings is 1. The molecule has 0 aliphatic heterocycles. The fourth-order valence-electron chi connectivity index (χ4n) is 3.58. The van der Waals surface area contributed by atoms with Crippen molar-refractivity contribution < 1.29 is 4.74 Å². The summed E-state index contributed by atoms with van der Waals surface area (Å²) in [7, 11) is 0. The second-order valence-electron chi connectivity index (χ2n) is 6.20. The summed E-state index contributed by atoms with van der Waals surface area (Å²) >= 11 is 6.06. The van der Waals surface area contributed by atoms with E-state index in [1.807, 2.05) is 37.3 Å². The van der Waals surface area contributed by atoms with Crippen molar-refractivity contribution in [2.45, 2.75) is 19.8 Å². The van der Waals surface area contributed by atoms with Crippen LogP contribution in [-0.2, 0) is 12.8 Å². The molecule has 0 radical (unpaired) electrons. The van der Waals surface area contributed by atoms with Crippen LogP contribution in [0.4, 0.5) is 0 Å². The van der Waals surface area contributed by atoms with Crippen LogP contribution >= 0.6 is 11.6 Å². The highest BCUT2D eigenvalue weighted by molar-refractivity contribution is 6.30. The second kappa shape index (κ2) is 6.82. The Kier molecular flexibility index (Phi) is 4.36. The van der Waals surface area contributed by atoms with E-state index in [1.54, 1.807) is 0 Å². The Morgan fingerprint density at radius 3 is 2.62 bits per heavy atom. The van der Waals surface area contributed by atoms with Gasteiger partial charge in [-0.15, -0.1) is 0 Å². The van der Waals surface area contributed by atoms with Crippen molar-refractivity contribution in [2.24, 2.45) is 0 Å². The number of fused-ring (bicyclic) bond motifs is 3. The molecule has 0 saturated carbocycles. The molecule has 0 amide bonds. The van der Waals surface area contributed by atoms with E-state index < -0.39 is 0 Å². The molecule has 4 rings (SSSR count). The summed E-state index contributed by atoms with van der Waals surface area (Å²) in [6, 6.07) is 18.2. The first-order valence-electron chi connectivity index (χ1n) is 8.67. The lowest BCUT2D eigenvalue weighted by molar-refractivity contribution is 0.326. The van der Waals surface area contributed by atoms with Gasteiger partial charge in [-0.3, -0.25) is 0 Å². The zero-order chi connectivity index (χ0) is 18.1. The zero-order valence-electron chi connectivity index (χ0n) is 14.4. The third kappa shape index (κ3) is 2.73. The fraction of sp³-hybridized carbons (Fsp3) is 0.182. The van der Waals surface area contributed by atoms with Gasteiger partial charge in [-0.2, -0.15) is 5.26 Å². The van der Waals surface area contributed by atoms with Crippen molar-refractivity contribution in [1.29, 1.82) is 5.26 Å². The summed E-state index contributed by atoms with van der Waals surface area (Å²) in [5.41, 5.74) is 6.78. The lowest BCUT2D eigenvalue weighted by atomic mass is 9.83. The number of nitrogens with zero attached hydrogens (tertiary/aromatic N) is 2. The molecule has 0 N–H and O–H groups in total. The highest BCUT2D eigenvalue weighted by Gasteiger charge is 2.26. The molecule has 3 nitrogen and oxygen atoms in total. The minimum absolute atomic E-state index is 0.399. The van der Waals surface area contributed by atoms with E-state index in [1.165, 1.54) is 5.56 Å². The molecule has 1 aliphatic rings. The first-order valence-corrected chi connectivity index (χ1v) is 9.04. The van der Waals surface area contributed by atoms with Gasteiger partial charge in [0.15, 0.2) is 0 Å². The van der Waals surface area contributed by atoms with Gasteiger partial charge >= 0.3 is 0 Å². The molecule has 0 fully saturated rings. The van der Waals surface area contributed by atoms with Crippen molar-refractivity contribution >= 4 is 11.6 Å². The third-order valence-electron chi connectivity index (χ3n) is 4.71. The predicted octanol–water partition coefficient (Wildman–Crippen LogP) is 5.44. The summed E-state index contributed by atoms with van der Waals surface area (Å²) in [5.74, 6) is 0.399. The lowest BCUT2D eigenvalue weighted by Gasteiger charge is -2.24. The quantitative estimate of drug-likeness (QED) is 0.625. The summed E-state index contributed by atoms with van der Waals surface area (Å²) in [6.45, 7) is 2.36. The van der Waals surface area contributed by atoms with E-state index in [9.17, 15) is 5.26 Å². The van der Waals surface area contributed by atoms with E-state index >= 15 is 0 Å². The maximum atomic E-state index is 9.84. The van der Waals surface area contributed by atoms with Crippen LogP contribution < -0.4 is 4.74 Å². The number of halogens is 1. The van der Waals surface area contributed by atoms with E-state index in [-0.39, 0.29) is 0 Å². The van der Waals surface area contributed by atoms with Gasteiger partial charge in [0.2, 0.25) is 5.88 Å². The molecular weight excluding hydrogens is 344 g/mol. The average Bonchev–Trinajstić information content (AvgIpc) is 2.68. The monoisotopic (exact) mass is 360 g/mol. The highest BCUT2D eigenvalue weighted by atomic mass is 35.5. The highest BCUT2D eigenvalue weighted by Crippen LogP contribution is 2.42. The van der Waals surface area contributed by atoms with Crippen LogP contribution in [-0.4, -0.2) is 11.6 Å². The van der Waals surface area contributed by atoms with Crippen LogP contribution in [0.5, 0.6) is 5.88 Å². The molecule has 4 heteroatoms. The maximum absolute atomic E-state index is 9.84. The van der Waals surface area contributed by atoms with Gasteiger partial charge in [-0.25, -0.2) is 4.98 Å². The third-order valence-corrected chi connectivity index (χ3v) is 4.96. The van der Waals surface area contributed by atoms with Crippen LogP contribution in [0, 0.1) is 11.3 Å². The number of aromatic nitrogens is 1. The van der Waals surface area contributed by atoms with Crippen LogP contribution in [0.25, 0.3) is 22.4 Å². The zero-order valence-corrected chi connectivity index (χ0v) is 15.2. The van der Waals surface area contributed by atoms with Crippen molar-refractivity contribution in [3.8, 4) is 34.3 Å². The van der Waals surface area contributed by atoms with Crippen molar-refractivity contribution in [2.75, 3.05) is 6.61 Å². The number of hydrogen-bond donors (Lipinski definition) is 0. The molecule has 3 aromatic rings. The van der Waals surface area contributed by atoms with Gasteiger partial charge in [0.05, 0.1) is 12.3 Å². The molecular formula is C22H17ClN2O. The molecule has 2 aromatic carbocycles. The number of ether oxygens (including phenoxy) is 1. The summed E-state index contributed by atoms with van der Waals surface area (Å²) < 4.78 is 5.74. The van der Waals surface area contributed by atoms with Crippen LogP contribution in [0.1, 0.15) is 23.6 Å². The van der Waals surface area contributed by atoms with Gasteiger partial charge in [0.1, 0.15) is 11.6 Å². The van der Waals surface area contributed by atoms with E-state index in [4.69, 9.17) is 21.3 Å². The smallest absolute Gasteiger partial charge is 0.232 e. The second-order valence-corrected chi connectivity index (χ2v) is 6.64. The number of aryl methyl sites for hydroxylation is 1. The van der Waals surface area contributed by atoms with Gasteiger partial charge < -0.3 is 4.74 Å². The Morgan fingerprint density at radius 2 is 1.88 bits per heavy atom. The molecule has 0 atom stereocenters. The first kappa shape index (κ1) is 16.6. The van der Waals surface area contributed by atoms with Crippen molar-refractivity contribution in [3.63, 3.8) is 0 Å². The molecule has 1 aromatic heterocycles. The Labute approximate surface area is 157 Å². The van der Waals surface area contributed by atoms with E-state index in [2.05, 4.69) is 24.3 Å². The Balaban J connectivity index is 2.05. The summed E-state index contributed by atoms with van der Waals surface area (Å²) in [4.78, 5) is 4.75. The molecule has 1 heterocycles. The predicted molar refractivity (Wildman–Crippen MR) is 103 cm³/mol. The molecule has 26 heavy (non-hydrogen) atoms. The Morgan fingerprint density at radius 1 is 1.12 bits per heavy atom. The van der Waals surface area contributed by atoms with Crippen LogP contribution in [0.2, 0.25) is 5.02 Å². The van der Waals surface area contributed by atoms with Crippen molar-refractivity contribution in [3.05, 3.63) is 70.2 Å². The average molecular weight is 361 g/mol.